The fraction of sp³-hybridized carbons (Fsp3) is 0.250. The number of hydrogen-bond donors (Lipinski definition) is 1. The molecule has 1 rings (SSSR count). The summed E-state index contributed by atoms with van der Waals surface area (Å²) in [5.74, 6) is 0.594. The van der Waals surface area contributed by atoms with Crippen LogP contribution in [-0.2, 0) is 6.54 Å². The maximum absolute atomic E-state index is 9.89. The molecule has 12 heavy (non-hydrogen) atoms. The van der Waals surface area contributed by atoms with Crippen LogP contribution in [0.15, 0.2) is 23.4 Å². The van der Waals surface area contributed by atoms with Gasteiger partial charge in [-0.05, 0) is 12.1 Å². The van der Waals surface area contributed by atoms with Gasteiger partial charge in [-0.15, -0.1) is 0 Å². The van der Waals surface area contributed by atoms with E-state index in [-0.39, 0.29) is 12.3 Å². The molecule has 4 heteroatoms. The molecule has 64 valence electrons. The molecule has 0 fully saturated rings. The van der Waals surface area contributed by atoms with E-state index >= 15 is 0 Å². The fourth-order valence-electron chi connectivity index (χ4n) is 0.874. The average Bonchev–Trinajstić information content (AvgIpc) is 2.09. The number of hydrogen-bond acceptors (Lipinski definition) is 4. The summed E-state index contributed by atoms with van der Waals surface area (Å²) in [4.78, 5) is 9.89. The van der Waals surface area contributed by atoms with Crippen LogP contribution in [0.5, 0.6) is 11.5 Å². The first-order valence-corrected chi connectivity index (χ1v) is 3.43. The Kier molecular flexibility index (Phi) is 2.63. The Morgan fingerprint density at radius 3 is 2.83 bits per heavy atom. The van der Waals surface area contributed by atoms with Crippen LogP contribution < -0.4 is 4.74 Å². The second-order valence-electron chi connectivity index (χ2n) is 2.28. The van der Waals surface area contributed by atoms with E-state index in [0.717, 1.165) is 0 Å². The van der Waals surface area contributed by atoms with Crippen LogP contribution in [0.2, 0.25) is 0 Å². The molecule has 1 N–H and O–H groups in total. The molecule has 1 aromatic rings. The Morgan fingerprint density at radius 2 is 2.33 bits per heavy atom. The summed E-state index contributed by atoms with van der Waals surface area (Å²) in [6.07, 6.45) is 0. The van der Waals surface area contributed by atoms with Gasteiger partial charge in [0.05, 0.1) is 7.11 Å². The molecule has 0 aliphatic heterocycles. The summed E-state index contributed by atoms with van der Waals surface area (Å²) >= 11 is 0. The number of methoxy groups -OCH3 is 1. The summed E-state index contributed by atoms with van der Waals surface area (Å²) in [5.41, 5.74) is 0.505. The molecule has 1 aromatic carbocycles. The first-order valence-electron chi connectivity index (χ1n) is 3.43. The van der Waals surface area contributed by atoms with Crippen LogP contribution in [0.3, 0.4) is 0 Å². The predicted molar refractivity (Wildman–Crippen MR) is 44.2 cm³/mol. The Bertz CT molecular complexity index is 286. The number of ether oxygens (including phenoxy) is 1. The van der Waals surface area contributed by atoms with Gasteiger partial charge in [-0.3, -0.25) is 0 Å². The van der Waals surface area contributed by atoms with Gasteiger partial charge in [0.15, 0.2) is 0 Å². The second-order valence-corrected chi connectivity index (χ2v) is 2.28. The first-order chi connectivity index (χ1) is 5.77. The monoisotopic (exact) mass is 167 g/mol. The quantitative estimate of drug-likeness (QED) is 0.696. The molecule has 0 spiro atoms. The van der Waals surface area contributed by atoms with Crippen molar-refractivity contribution in [1.29, 1.82) is 0 Å². The lowest BCUT2D eigenvalue weighted by Gasteiger charge is -2.02. The number of phenols is 1. The van der Waals surface area contributed by atoms with Gasteiger partial charge in [-0.2, -0.15) is 4.91 Å². The number of nitrogens with zero attached hydrogens (tertiary/aromatic N) is 1. The molecule has 0 atom stereocenters. The summed E-state index contributed by atoms with van der Waals surface area (Å²) in [6.45, 7) is -0.0180. The van der Waals surface area contributed by atoms with Gasteiger partial charge < -0.3 is 9.84 Å². The molecule has 0 aromatic heterocycles. The summed E-state index contributed by atoms with van der Waals surface area (Å²) < 4.78 is 4.86. The third kappa shape index (κ3) is 1.72. The van der Waals surface area contributed by atoms with Crippen molar-refractivity contribution < 1.29 is 9.84 Å². The third-order valence-corrected chi connectivity index (χ3v) is 1.53. The Morgan fingerprint density at radius 1 is 1.58 bits per heavy atom. The minimum Gasteiger partial charge on any atom is -0.507 e. The number of nitroso groups, excluding NO2 is 1. The van der Waals surface area contributed by atoms with E-state index in [4.69, 9.17) is 4.74 Å². The highest BCUT2D eigenvalue weighted by Crippen LogP contribution is 2.23. The topological polar surface area (TPSA) is 58.9 Å². The Balaban J connectivity index is 2.94. The predicted octanol–water partition coefficient (Wildman–Crippen LogP) is 1.67. The zero-order valence-corrected chi connectivity index (χ0v) is 6.65. The first kappa shape index (κ1) is 8.52. The van der Waals surface area contributed by atoms with Gasteiger partial charge in [-0.1, -0.05) is 5.18 Å². The van der Waals surface area contributed by atoms with Gasteiger partial charge >= 0.3 is 0 Å². The molecule has 0 amide bonds. The molecular weight excluding hydrogens is 158 g/mol. The number of phenolic OH excluding ortho intramolecular Hbond substituents is 1. The van der Waals surface area contributed by atoms with Crippen molar-refractivity contribution in [2.24, 2.45) is 5.18 Å². The fourth-order valence-corrected chi connectivity index (χ4v) is 0.874. The van der Waals surface area contributed by atoms with Crippen molar-refractivity contribution in [1.82, 2.24) is 0 Å². The number of aromatic hydroxyl groups is 1. The summed E-state index contributed by atoms with van der Waals surface area (Å²) in [6, 6.07) is 4.72. The maximum Gasteiger partial charge on any atom is 0.124 e. The van der Waals surface area contributed by atoms with E-state index in [1.165, 1.54) is 13.2 Å². The molecule has 0 saturated heterocycles. The smallest absolute Gasteiger partial charge is 0.124 e. The molecule has 0 unspecified atom stereocenters. The minimum atomic E-state index is -0.0180. The molecule has 0 saturated carbocycles. The Hall–Kier alpha value is -1.58. The Labute approximate surface area is 69.8 Å². The van der Waals surface area contributed by atoms with Gasteiger partial charge in [0.25, 0.3) is 0 Å². The van der Waals surface area contributed by atoms with Crippen LogP contribution in [0.25, 0.3) is 0 Å². The van der Waals surface area contributed by atoms with E-state index in [9.17, 15) is 10.0 Å². The van der Waals surface area contributed by atoms with E-state index in [2.05, 4.69) is 5.18 Å². The lowest BCUT2D eigenvalue weighted by Crippen LogP contribution is -1.85. The molecular formula is C8H9NO3. The van der Waals surface area contributed by atoms with Crippen molar-refractivity contribution >= 4 is 0 Å². The SMILES string of the molecule is COc1ccc(CN=O)c(O)c1. The molecule has 0 heterocycles. The zero-order chi connectivity index (χ0) is 8.97. The van der Waals surface area contributed by atoms with Gasteiger partial charge in [0.2, 0.25) is 0 Å². The summed E-state index contributed by atoms with van der Waals surface area (Å²) in [7, 11) is 1.51. The molecule has 0 aliphatic carbocycles. The molecule has 0 radical (unpaired) electrons. The molecule has 0 aliphatic rings. The molecule has 4 nitrogen and oxygen atoms in total. The van der Waals surface area contributed by atoms with Crippen molar-refractivity contribution in [3.8, 4) is 11.5 Å². The largest absolute Gasteiger partial charge is 0.507 e. The highest BCUT2D eigenvalue weighted by Gasteiger charge is 2.01. The van der Waals surface area contributed by atoms with Gasteiger partial charge in [-0.25, -0.2) is 0 Å². The summed E-state index contributed by atoms with van der Waals surface area (Å²) in [5, 5.41) is 11.9. The van der Waals surface area contributed by atoms with E-state index in [1.807, 2.05) is 0 Å². The van der Waals surface area contributed by atoms with E-state index < -0.39 is 0 Å². The van der Waals surface area contributed by atoms with E-state index in [0.29, 0.717) is 11.3 Å². The molecule has 0 bridgehead atoms. The third-order valence-electron chi connectivity index (χ3n) is 1.53. The standard InChI is InChI=1S/C8H9NO3/c1-12-7-3-2-6(5-9-11)8(10)4-7/h2-4,10H,5H2,1H3. The zero-order valence-electron chi connectivity index (χ0n) is 6.65. The average molecular weight is 167 g/mol. The number of benzene rings is 1. The minimum absolute atomic E-state index is 0.0180. The van der Waals surface area contributed by atoms with Crippen molar-refractivity contribution in [3.63, 3.8) is 0 Å². The highest BCUT2D eigenvalue weighted by atomic mass is 16.5. The van der Waals surface area contributed by atoms with Crippen LogP contribution in [0, 0.1) is 4.91 Å². The normalized spacial score (nSPS) is 9.42. The van der Waals surface area contributed by atoms with Crippen LogP contribution >= 0.6 is 0 Å². The second kappa shape index (κ2) is 3.71. The van der Waals surface area contributed by atoms with E-state index in [1.54, 1.807) is 12.1 Å². The van der Waals surface area contributed by atoms with Crippen LogP contribution in [0.1, 0.15) is 5.56 Å². The van der Waals surface area contributed by atoms with Crippen molar-refractivity contribution in [2.45, 2.75) is 6.54 Å². The van der Waals surface area contributed by atoms with Gasteiger partial charge in [0, 0.05) is 11.6 Å². The lowest BCUT2D eigenvalue weighted by molar-refractivity contribution is 0.406. The maximum atomic E-state index is 9.89. The van der Waals surface area contributed by atoms with Crippen LogP contribution in [0.4, 0.5) is 0 Å². The van der Waals surface area contributed by atoms with Crippen molar-refractivity contribution in [2.75, 3.05) is 7.11 Å². The van der Waals surface area contributed by atoms with Gasteiger partial charge in [0.1, 0.15) is 18.0 Å². The van der Waals surface area contributed by atoms with Crippen LogP contribution in [-0.4, -0.2) is 12.2 Å². The number of rotatable bonds is 3. The van der Waals surface area contributed by atoms with Crippen molar-refractivity contribution in [3.05, 3.63) is 28.7 Å². The lowest BCUT2D eigenvalue weighted by atomic mass is 10.2. The highest BCUT2D eigenvalue weighted by molar-refractivity contribution is 5.39.